The van der Waals surface area contributed by atoms with E-state index in [2.05, 4.69) is 11.1 Å². The van der Waals surface area contributed by atoms with E-state index in [1.54, 1.807) is 0 Å². The van der Waals surface area contributed by atoms with Crippen LogP contribution in [0.25, 0.3) is 0 Å². The smallest absolute Gasteiger partial charge is 0.302 e. The van der Waals surface area contributed by atoms with Gasteiger partial charge in [-0.25, -0.2) is 4.18 Å². The second kappa shape index (κ2) is 16.8. The minimum absolute atomic E-state index is 0.508. The first-order chi connectivity index (χ1) is 12.9. The molecule has 0 rings (SSSR count). The summed E-state index contributed by atoms with van der Waals surface area (Å²) in [5.41, 5.74) is 5.00. The Bertz CT molecular complexity index is 428. The third-order valence-corrected chi connectivity index (χ3v) is 6.04. The maximum atomic E-state index is 11.5. The van der Waals surface area contributed by atoms with Crippen LogP contribution in [0.4, 0.5) is 0 Å². The fraction of sp³-hybridized carbons (Fsp3) is 1.00. The Balaban J connectivity index is 3.63. The standard InChI is InChI=1S/C21H45NO4S/c1-4-6-7-8-9-10-11-12-13-14-15-16-17-18-20-21(22,19-5-2)26-27(23,24)25-3/h4-20,22H2,1-3H3. The van der Waals surface area contributed by atoms with Gasteiger partial charge < -0.3 is 5.73 Å². The van der Waals surface area contributed by atoms with Crippen molar-refractivity contribution >= 4 is 10.4 Å². The van der Waals surface area contributed by atoms with Crippen LogP contribution in [0.15, 0.2) is 0 Å². The van der Waals surface area contributed by atoms with Crippen molar-refractivity contribution in [1.82, 2.24) is 0 Å². The number of nitrogens with two attached hydrogens (primary N) is 1. The van der Waals surface area contributed by atoms with Crippen LogP contribution < -0.4 is 5.73 Å². The summed E-state index contributed by atoms with van der Waals surface area (Å²) in [4.78, 5) is 0. The predicted octanol–water partition coefficient (Wildman–Crippen LogP) is 6.22. The number of hydrogen-bond donors (Lipinski definition) is 1. The van der Waals surface area contributed by atoms with Crippen molar-refractivity contribution in [3.05, 3.63) is 0 Å². The first-order valence-corrected chi connectivity index (χ1v) is 12.5. The number of rotatable bonds is 20. The van der Waals surface area contributed by atoms with Crippen LogP contribution in [0.1, 0.15) is 123 Å². The second-order valence-electron chi connectivity index (χ2n) is 7.82. The minimum Gasteiger partial charge on any atom is -0.302 e. The molecule has 0 aromatic heterocycles. The van der Waals surface area contributed by atoms with E-state index in [1.165, 1.54) is 77.0 Å². The molecule has 0 radical (unpaired) electrons. The van der Waals surface area contributed by atoms with Gasteiger partial charge in [0.05, 0.1) is 7.11 Å². The molecule has 0 spiro atoms. The fourth-order valence-electron chi connectivity index (χ4n) is 3.49. The molecule has 0 aliphatic carbocycles. The molecule has 0 aliphatic heterocycles. The lowest BCUT2D eigenvalue weighted by molar-refractivity contribution is 0.0435. The Morgan fingerprint density at radius 1 is 0.667 bits per heavy atom. The van der Waals surface area contributed by atoms with E-state index in [9.17, 15) is 8.42 Å². The zero-order valence-corrected chi connectivity index (χ0v) is 19.0. The third kappa shape index (κ3) is 16.5. The first kappa shape index (κ1) is 26.8. The molecule has 0 amide bonds. The van der Waals surface area contributed by atoms with Crippen LogP contribution in [-0.4, -0.2) is 21.3 Å². The first-order valence-electron chi connectivity index (χ1n) is 11.2. The van der Waals surface area contributed by atoms with Crippen LogP contribution in [-0.2, 0) is 18.8 Å². The van der Waals surface area contributed by atoms with Gasteiger partial charge in [0.2, 0.25) is 0 Å². The lowest BCUT2D eigenvalue weighted by Crippen LogP contribution is -2.44. The van der Waals surface area contributed by atoms with E-state index in [1.807, 2.05) is 6.92 Å². The number of hydrogen-bond acceptors (Lipinski definition) is 5. The van der Waals surface area contributed by atoms with Crippen LogP contribution in [0, 0.1) is 0 Å². The van der Waals surface area contributed by atoms with E-state index in [-0.39, 0.29) is 0 Å². The molecule has 0 saturated heterocycles. The summed E-state index contributed by atoms with van der Waals surface area (Å²) < 4.78 is 32.5. The average Bonchev–Trinajstić information content (AvgIpc) is 2.61. The number of unbranched alkanes of at least 4 members (excludes halogenated alkanes) is 13. The van der Waals surface area contributed by atoms with Crippen LogP contribution in [0.5, 0.6) is 0 Å². The van der Waals surface area contributed by atoms with Crippen molar-refractivity contribution < 1.29 is 16.8 Å². The van der Waals surface area contributed by atoms with Gasteiger partial charge in [-0.3, -0.25) is 4.18 Å². The molecule has 6 heteroatoms. The van der Waals surface area contributed by atoms with Gasteiger partial charge in [-0.2, -0.15) is 8.42 Å². The molecule has 0 aromatic rings. The van der Waals surface area contributed by atoms with Gasteiger partial charge in [-0.1, -0.05) is 104 Å². The molecule has 1 unspecified atom stereocenters. The third-order valence-electron chi connectivity index (χ3n) is 5.10. The van der Waals surface area contributed by atoms with Gasteiger partial charge in [0.1, 0.15) is 5.72 Å². The molecule has 1 atom stereocenters. The van der Waals surface area contributed by atoms with Crippen molar-refractivity contribution in [3.8, 4) is 0 Å². The molecule has 0 fully saturated rings. The summed E-state index contributed by atoms with van der Waals surface area (Å²) in [7, 11) is -2.90. The highest BCUT2D eigenvalue weighted by molar-refractivity contribution is 7.81. The van der Waals surface area contributed by atoms with Gasteiger partial charge in [-0.15, -0.1) is 0 Å². The van der Waals surface area contributed by atoms with Gasteiger partial charge in [0, 0.05) is 0 Å². The molecule has 0 bridgehead atoms. The maximum Gasteiger partial charge on any atom is 0.401 e. The van der Waals surface area contributed by atoms with E-state index >= 15 is 0 Å². The zero-order chi connectivity index (χ0) is 20.4. The Labute approximate surface area is 169 Å². The molecule has 2 N–H and O–H groups in total. The van der Waals surface area contributed by atoms with E-state index in [0.29, 0.717) is 12.8 Å². The molecule has 164 valence electrons. The Morgan fingerprint density at radius 2 is 1.07 bits per heavy atom. The average molecular weight is 408 g/mol. The summed E-state index contributed by atoms with van der Waals surface area (Å²) >= 11 is 0. The van der Waals surface area contributed by atoms with Crippen molar-refractivity contribution in [1.29, 1.82) is 0 Å². The summed E-state index contributed by atoms with van der Waals surface area (Å²) in [5.74, 6) is 0. The van der Waals surface area contributed by atoms with E-state index in [0.717, 1.165) is 26.4 Å². The van der Waals surface area contributed by atoms with Crippen molar-refractivity contribution in [2.75, 3.05) is 7.11 Å². The normalized spacial score (nSPS) is 14.4. The van der Waals surface area contributed by atoms with E-state index in [4.69, 9.17) is 9.92 Å². The molecular weight excluding hydrogens is 362 g/mol. The molecule has 5 nitrogen and oxygen atoms in total. The van der Waals surface area contributed by atoms with Crippen LogP contribution >= 0.6 is 0 Å². The van der Waals surface area contributed by atoms with Gasteiger partial charge in [0.15, 0.2) is 0 Å². The zero-order valence-electron chi connectivity index (χ0n) is 18.1. The molecule has 27 heavy (non-hydrogen) atoms. The summed E-state index contributed by atoms with van der Waals surface area (Å²) in [6.45, 7) is 4.23. The topological polar surface area (TPSA) is 78.6 Å². The largest absolute Gasteiger partial charge is 0.401 e. The van der Waals surface area contributed by atoms with Crippen LogP contribution in [0.2, 0.25) is 0 Å². The summed E-state index contributed by atoms with van der Waals surface area (Å²) in [6, 6.07) is 0. The second-order valence-corrected chi connectivity index (χ2v) is 9.14. The van der Waals surface area contributed by atoms with Crippen molar-refractivity contribution in [3.63, 3.8) is 0 Å². The Hall–Kier alpha value is -0.170. The molecule has 0 heterocycles. The monoisotopic (exact) mass is 407 g/mol. The quantitative estimate of drug-likeness (QED) is 0.191. The molecular formula is C21H45NO4S. The Morgan fingerprint density at radius 3 is 1.44 bits per heavy atom. The van der Waals surface area contributed by atoms with Gasteiger partial charge in [0.25, 0.3) is 0 Å². The fourth-order valence-corrected chi connectivity index (χ4v) is 4.13. The predicted molar refractivity (Wildman–Crippen MR) is 114 cm³/mol. The Kier molecular flexibility index (Phi) is 16.6. The summed E-state index contributed by atoms with van der Waals surface area (Å²) in [6.07, 6.45) is 19.9. The highest BCUT2D eigenvalue weighted by Gasteiger charge is 2.31. The van der Waals surface area contributed by atoms with Crippen LogP contribution in [0.3, 0.4) is 0 Å². The van der Waals surface area contributed by atoms with Crippen molar-refractivity contribution in [2.24, 2.45) is 5.73 Å². The lowest BCUT2D eigenvalue weighted by Gasteiger charge is -2.27. The van der Waals surface area contributed by atoms with Gasteiger partial charge >= 0.3 is 10.4 Å². The van der Waals surface area contributed by atoms with Crippen molar-refractivity contribution in [2.45, 2.75) is 129 Å². The maximum absolute atomic E-state index is 11.5. The molecule has 0 aliphatic rings. The molecule has 0 saturated carbocycles. The molecule has 0 aromatic carbocycles. The lowest BCUT2D eigenvalue weighted by atomic mass is 9.99. The van der Waals surface area contributed by atoms with Gasteiger partial charge in [-0.05, 0) is 19.3 Å². The highest BCUT2D eigenvalue weighted by atomic mass is 32.3. The SMILES string of the molecule is CCCCCCCCCCCCCCCCC(N)(CCC)OS(=O)(=O)OC. The minimum atomic E-state index is -3.99. The summed E-state index contributed by atoms with van der Waals surface area (Å²) in [5, 5.41) is 0. The van der Waals surface area contributed by atoms with E-state index < -0.39 is 16.1 Å². The highest BCUT2D eigenvalue weighted by Crippen LogP contribution is 2.23.